The Morgan fingerprint density at radius 1 is 1.09 bits per heavy atom. The van der Waals surface area contributed by atoms with Crippen LogP contribution >= 0.6 is 11.3 Å². The van der Waals surface area contributed by atoms with Crippen molar-refractivity contribution < 1.29 is 24.2 Å². The van der Waals surface area contributed by atoms with E-state index in [-0.39, 0.29) is 37.9 Å². The number of benzene rings is 2. The number of hydrogen-bond donors (Lipinski definition) is 2. The summed E-state index contributed by atoms with van der Waals surface area (Å²) in [5, 5.41) is 14.1. The molecule has 0 aliphatic heterocycles. The Morgan fingerprint density at radius 2 is 1.74 bits per heavy atom. The van der Waals surface area contributed by atoms with Crippen LogP contribution in [0.5, 0.6) is 0 Å². The molecule has 0 fully saturated rings. The molecule has 182 valence electrons. The average molecular weight is 494 g/mol. The summed E-state index contributed by atoms with van der Waals surface area (Å²) in [7, 11) is 0. The van der Waals surface area contributed by atoms with E-state index in [0.717, 1.165) is 11.1 Å². The van der Waals surface area contributed by atoms with Gasteiger partial charge in [0.1, 0.15) is 18.2 Å². The molecule has 2 aromatic carbocycles. The number of aliphatic carboxylic acids is 1. The molecule has 4 rings (SSSR count). The Labute approximate surface area is 207 Å². The zero-order chi connectivity index (χ0) is 24.8. The second kappa shape index (κ2) is 11.1. The van der Waals surface area contributed by atoms with Crippen molar-refractivity contribution in [2.45, 2.75) is 32.2 Å². The van der Waals surface area contributed by atoms with Crippen LogP contribution in [0, 0.1) is 0 Å². The molecule has 0 saturated heterocycles. The van der Waals surface area contributed by atoms with Gasteiger partial charge in [0.25, 0.3) is 0 Å². The summed E-state index contributed by atoms with van der Waals surface area (Å²) in [6.07, 6.45) is 0.162. The van der Waals surface area contributed by atoms with E-state index in [1.165, 1.54) is 27.4 Å². The standard InChI is InChI=1S/C26H27N3O5S/c1-2-11-29(14-25(31)32)24(30)12-17-16-35-23(28-17)13-27-26(33)34-15-22-20-9-5-3-7-18(20)19-8-4-6-10-21(19)22/h3-10,16,22H,2,11-15H2,1H3,(H,27,33)(H,31,32). The van der Waals surface area contributed by atoms with Crippen molar-refractivity contribution in [3.63, 3.8) is 0 Å². The molecule has 0 bridgehead atoms. The number of carboxylic acids is 1. The fraction of sp³-hybridized carbons (Fsp3) is 0.308. The van der Waals surface area contributed by atoms with E-state index < -0.39 is 12.1 Å². The van der Waals surface area contributed by atoms with Gasteiger partial charge in [-0.2, -0.15) is 0 Å². The number of hydrogen-bond acceptors (Lipinski definition) is 6. The summed E-state index contributed by atoms with van der Waals surface area (Å²) in [5.41, 5.74) is 5.19. The van der Waals surface area contributed by atoms with E-state index in [1.807, 2.05) is 31.2 Å². The minimum absolute atomic E-state index is 0.0116. The quantitative estimate of drug-likeness (QED) is 0.441. The van der Waals surface area contributed by atoms with Crippen LogP contribution in [0.4, 0.5) is 4.79 Å². The molecule has 35 heavy (non-hydrogen) atoms. The fourth-order valence-electron chi connectivity index (χ4n) is 4.30. The number of rotatable bonds is 10. The highest BCUT2D eigenvalue weighted by atomic mass is 32.1. The smallest absolute Gasteiger partial charge is 0.407 e. The number of ether oxygens (including phenoxy) is 1. The number of aromatic nitrogens is 1. The van der Waals surface area contributed by atoms with Crippen molar-refractivity contribution in [3.8, 4) is 11.1 Å². The average Bonchev–Trinajstić information content (AvgIpc) is 3.43. The Morgan fingerprint density at radius 3 is 2.37 bits per heavy atom. The predicted octanol–water partition coefficient (Wildman–Crippen LogP) is 4.05. The Hall–Kier alpha value is -3.72. The molecular formula is C26H27N3O5S. The van der Waals surface area contributed by atoms with E-state index in [1.54, 1.807) is 5.38 Å². The summed E-state index contributed by atoms with van der Waals surface area (Å²) in [6.45, 7) is 2.36. The Kier molecular flexibility index (Phi) is 7.77. The van der Waals surface area contributed by atoms with E-state index in [2.05, 4.69) is 34.6 Å². The lowest BCUT2D eigenvalue weighted by Gasteiger charge is -2.19. The molecule has 0 spiro atoms. The maximum absolute atomic E-state index is 12.4. The number of thiazole rings is 1. The molecule has 0 atom stereocenters. The molecule has 1 aromatic heterocycles. The zero-order valence-corrected chi connectivity index (χ0v) is 20.2. The summed E-state index contributed by atoms with van der Waals surface area (Å²) in [4.78, 5) is 41.5. The largest absolute Gasteiger partial charge is 0.480 e. The normalized spacial score (nSPS) is 12.0. The molecule has 0 radical (unpaired) electrons. The SMILES string of the molecule is CCCN(CC(=O)O)C(=O)Cc1csc(CNC(=O)OCC2c3ccccc3-c3ccccc32)n1. The van der Waals surface area contributed by atoms with Gasteiger partial charge in [-0.15, -0.1) is 11.3 Å². The van der Waals surface area contributed by atoms with E-state index in [9.17, 15) is 14.4 Å². The van der Waals surface area contributed by atoms with Crippen LogP contribution in [0.25, 0.3) is 11.1 Å². The Bertz CT molecular complexity index is 1180. The van der Waals surface area contributed by atoms with Crippen LogP contribution in [0.1, 0.15) is 41.1 Å². The highest BCUT2D eigenvalue weighted by Gasteiger charge is 2.29. The van der Waals surface area contributed by atoms with Gasteiger partial charge >= 0.3 is 12.1 Å². The fourth-order valence-corrected chi connectivity index (χ4v) is 5.03. The number of alkyl carbamates (subject to hydrolysis) is 1. The molecule has 0 unspecified atom stereocenters. The van der Waals surface area contributed by atoms with Crippen molar-refractivity contribution in [3.05, 3.63) is 75.7 Å². The topological polar surface area (TPSA) is 109 Å². The van der Waals surface area contributed by atoms with Crippen molar-refractivity contribution in [2.75, 3.05) is 19.7 Å². The molecule has 2 N–H and O–H groups in total. The van der Waals surface area contributed by atoms with Gasteiger partial charge in [-0.05, 0) is 28.7 Å². The number of nitrogens with zero attached hydrogens (tertiary/aromatic N) is 2. The van der Waals surface area contributed by atoms with Crippen LogP contribution in [0.2, 0.25) is 0 Å². The third-order valence-electron chi connectivity index (χ3n) is 5.83. The predicted molar refractivity (Wildman–Crippen MR) is 132 cm³/mol. The minimum Gasteiger partial charge on any atom is -0.480 e. The molecule has 1 aliphatic carbocycles. The van der Waals surface area contributed by atoms with Crippen molar-refractivity contribution in [1.29, 1.82) is 0 Å². The van der Waals surface area contributed by atoms with E-state index >= 15 is 0 Å². The first-order valence-electron chi connectivity index (χ1n) is 11.5. The lowest BCUT2D eigenvalue weighted by Crippen LogP contribution is -2.37. The summed E-state index contributed by atoms with van der Waals surface area (Å²) < 4.78 is 5.54. The number of carbonyl (C=O) groups is 3. The highest BCUT2D eigenvalue weighted by Crippen LogP contribution is 2.44. The lowest BCUT2D eigenvalue weighted by atomic mass is 9.98. The zero-order valence-electron chi connectivity index (χ0n) is 19.4. The van der Waals surface area contributed by atoms with Gasteiger partial charge in [0, 0.05) is 17.8 Å². The third kappa shape index (κ3) is 5.86. The summed E-state index contributed by atoms with van der Waals surface area (Å²) in [5.74, 6) is -1.34. The molecule has 3 aromatic rings. The summed E-state index contributed by atoms with van der Waals surface area (Å²) >= 11 is 1.33. The van der Waals surface area contributed by atoms with Crippen molar-refractivity contribution in [1.82, 2.24) is 15.2 Å². The van der Waals surface area contributed by atoms with Crippen LogP contribution in [0.15, 0.2) is 53.9 Å². The first-order chi connectivity index (χ1) is 17.0. The number of fused-ring (bicyclic) bond motifs is 3. The molecule has 9 heteroatoms. The number of nitrogens with one attached hydrogen (secondary N) is 1. The van der Waals surface area contributed by atoms with Gasteiger partial charge in [0.2, 0.25) is 5.91 Å². The number of amides is 2. The van der Waals surface area contributed by atoms with Crippen molar-refractivity contribution >= 4 is 29.3 Å². The van der Waals surface area contributed by atoms with Gasteiger partial charge in [0.05, 0.1) is 18.7 Å². The third-order valence-corrected chi connectivity index (χ3v) is 6.73. The lowest BCUT2D eigenvalue weighted by molar-refractivity contribution is -0.144. The number of carboxylic acid groups (broad SMARTS) is 1. The van der Waals surface area contributed by atoms with Crippen LogP contribution in [-0.2, 0) is 27.3 Å². The molecule has 2 amide bonds. The Balaban J connectivity index is 1.29. The van der Waals surface area contributed by atoms with E-state index in [0.29, 0.717) is 23.7 Å². The molecule has 0 saturated carbocycles. The highest BCUT2D eigenvalue weighted by molar-refractivity contribution is 7.09. The maximum Gasteiger partial charge on any atom is 0.407 e. The van der Waals surface area contributed by atoms with Crippen LogP contribution in [0.3, 0.4) is 0 Å². The van der Waals surface area contributed by atoms with Gasteiger partial charge < -0.3 is 20.1 Å². The molecule has 1 heterocycles. The first-order valence-corrected chi connectivity index (χ1v) is 12.4. The number of carbonyl (C=O) groups excluding carboxylic acids is 2. The van der Waals surface area contributed by atoms with E-state index in [4.69, 9.17) is 9.84 Å². The maximum atomic E-state index is 12.4. The van der Waals surface area contributed by atoms with Crippen LogP contribution in [-0.4, -0.2) is 52.7 Å². The molecular weight excluding hydrogens is 466 g/mol. The van der Waals surface area contributed by atoms with Gasteiger partial charge in [-0.3, -0.25) is 9.59 Å². The monoisotopic (exact) mass is 493 g/mol. The van der Waals surface area contributed by atoms with Gasteiger partial charge in [-0.1, -0.05) is 55.5 Å². The summed E-state index contributed by atoms with van der Waals surface area (Å²) in [6, 6.07) is 16.3. The second-order valence-electron chi connectivity index (χ2n) is 8.30. The first kappa shape index (κ1) is 24.4. The molecule has 8 nitrogen and oxygen atoms in total. The van der Waals surface area contributed by atoms with Crippen molar-refractivity contribution in [2.24, 2.45) is 0 Å². The minimum atomic E-state index is -1.04. The second-order valence-corrected chi connectivity index (χ2v) is 9.24. The van der Waals surface area contributed by atoms with Gasteiger partial charge in [-0.25, -0.2) is 9.78 Å². The van der Waals surface area contributed by atoms with Gasteiger partial charge in [0.15, 0.2) is 0 Å². The van der Waals surface area contributed by atoms with Crippen LogP contribution < -0.4 is 5.32 Å². The molecule has 1 aliphatic rings.